The average Bonchev–Trinajstić information content (AvgIpc) is 2.93. The fourth-order valence-electron chi connectivity index (χ4n) is 1.98. The number of ether oxygens (including phenoxy) is 1. The Hall–Kier alpha value is -0.350. The van der Waals surface area contributed by atoms with E-state index in [9.17, 15) is 0 Å². The molecule has 0 amide bonds. The van der Waals surface area contributed by atoms with Crippen LogP contribution >= 0.6 is 12.2 Å². The molecule has 0 spiro atoms. The van der Waals surface area contributed by atoms with E-state index < -0.39 is 0 Å². The van der Waals surface area contributed by atoms with E-state index in [1.807, 2.05) is 0 Å². The molecule has 0 aromatic heterocycles. The second kappa shape index (κ2) is 5.12. The summed E-state index contributed by atoms with van der Waals surface area (Å²) in [5.41, 5.74) is 0. The topological polar surface area (TPSA) is 33.3 Å². The van der Waals surface area contributed by atoms with E-state index in [-0.39, 0.29) is 0 Å². The molecule has 4 heteroatoms. The lowest BCUT2D eigenvalue weighted by Crippen LogP contribution is -2.43. The van der Waals surface area contributed by atoms with Gasteiger partial charge >= 0.3 is 0 Å². The summed E-state index contributed by atoms with van der Waals surface area (Å²) in [5.74, 6) is 0.840. The first-order valence-electron chi connectivity index (χ1n) is 5.91. The van der Waals surface area contributed by atoms with E-state index in [2.05, 4.69) is 17.6 Å². The molecule has 2 aliphatic rings. The van der Waals surface area contributed by atoms with Crippen LogP contribution in [0.1, 0.15) is 32.6 Å². The lowest BCUT2D eigenvalue weighted by molar-refractivity contribution is 0.114. The van der Waals surface area contributed by atoms with Crippen LogP contribution in [-0.2, 0) is 4.74 Å². The molecular weight excluding hydrogens is 208 g/mol. The normalized spacial score (nSPS) is 27.4. The molecule has 3 nitrogen and oxygen atoms in total. The van der Waals surface area contributed by atoms with Gasteiger partial charge < -0.3 is 15.4 Å². The molecule has 0 aromatic rings. The Kier molecular flexibility index (Phi) is 3.81. The largest absolute Gasteiger partial charge is 0.376 e. The molecule has 0 aromatic carbocycles. The zero-order valence-electron chi connectivity index (χ0n) is 9.29. The van der Waals surface area contributed by atoms with E-state index in [0.29, 0.717) is 12.1 Å². The molecule has 1 saturated carbocycles. The monoisotopic (exact) mass is 228 g/mol. The van der Waals surface area contributed by atoms with Gasteiger partial charge in [0.15, 0.2) is 5.11 Å². The summed E-state index contributed by atoms with van der Waals surface area (Å²) in [6.45, 7) is 3.96. The second-order valence-electron chi connectivity index (χ2n) is 4.62. The molecule has 1 aliphatic heterocycles. The van der Waals surface area contributed by atoms with Crippen LogP contribution in [-0.4, -0.2) is 30.4 Å². The highest BCUT2D eigenvalue weighted by Gasteiger charge is 2.28. The van der Waals surface area contributed by atoms with Crippen molar-refractivity contribution in [2.24, 2.45) is 5.92 Å². The molecule has 0 bridgehead atoms. The Balaban J connectivity index is 1.59. The zero-order chi connectivity index (χ0) is 10.7. The van der Waals surface area contributed by atoms with Crippen LogP contribution in [0.3, 0.4) is 0 Å². The molecule has 2 rings (SSSR count). The fourth-order valence-corrected chi connectivity index (χ4v) is 2.25. The van der Waals surface area contributed by atoms with Crippen LogP contribution < -0.4 is 10.6 Å². The number of hydrogen-bond donors (Lipinski definition) is 2. The summed E-state index contributed by atoms with van der Waals surface area (Å²) >= 11 is 5.23. The SMILES string of the molecule is CC(NC(=S)NCC1CCCO1)C1CC1. The first-order chi connectivity index (χ1) is 7.25. The quantitative estimate of drug-likeness (QED) is 0.713. The summed E-state index contributed by atoms with van der Waals surface area (Å²) in [6, 6.07) is 0.523. The Morgan fingerprint density at radius 1 is 1.47 bits per heavy atom. The van der Waals surface area contributed by atoms with Crippen LogP contribution in [0.15, 0.2) is 0 Å². The van der Waals surface area contributed by atoms with Crippen molar-refractivity contribution in [3.05, 3.63) is 0 Å². The number of rotatable bonds is 4. The Morgan fingerprint density at radius 3 is 2.87 bits per heavy atom. The number of thiocarbonyl (C=S) groups is 1. The van der Waals surface area contributed by atoms with Crippen LogP contribution in [0.5, 0.6) is 0 Å². The van der Waals surface area contributed by atoms with Crippen molar-refractivity contribution < 1.29 is 4.74 Å². The van der Waals surface area contributed by atoms with E-state index in [0.717, 1.165) is 30.6 Å². The van der Waals surface area contributed by atoms with Crippen molar-refractivity contribution in [2.75, 3.05) is 13.2 Å². The summed E-state index contributed by atoms with van der Waals surface area (Å²) in [7, 11) is 0. The van der Waals surface area contributed by atoms with Gasteiger partial charge in [0, 0.05) is 19.2 Å². The van der Waals surface area contributed by atoms with Gasteiger partial charge in [-0.3, -0.25) is 0 Å². The third-order valence-corrected chi connectivity index (χ3v) is 3.46. The van der Waals surface area contributed by atoms with Gasteiger partial charge in [-0.15, -0.1) is 0 Å². The van der Waals surface area contributed by atoms with Crippen LogP contribution in [0, 0.1) is 5.92 Å². The van der Waals surface area contributed by atoms with E-state index in [4.69, 9.17) is 17.0 Å². The predicted molar refractivity (Wildman–Crippen MR) is 64.9 cm³/mol. The Labute approximate surface area is 96.9 Å². The molecule has 0 radical (unpaired) electrons. The Morgan fingerprint density at radius 2 is 2.27 bits per heavy atom. The van der Waals surface area contributed by atoms with E-state index in [1.54, 1.807) is 0 Å². The van der Waals surface area contributed by atoms with Gasteiger partial charge in [0.05, 0.1) is 6.10 Å². The second-order valence-corrected chi connectivity index (χ2v) is 5.02. The van der Waals surface area contributed by atoms with Crippen molar-refractivity contribution in [1.82, 2.24) is 10.6 Å². The highest BCUT2D eigenvalue weighted by molar-refractivity contribution is 7.80. The summed E-state index contributed by atoms with van der Waals surface area (Å²) in [6.07, 6.45) is 5.41. The molecule has 2 unspecified atom stereocenters. The third kappa shape index (κ3) is 3.61. The van der Waals surface area contributed by atoms with E-state index in [1.165, 1.54) is 19.3 Å². The summed E-state index contributed by atoms with van der Waals surface area (Å²) < 4.78 is 5.52. The van der Waals surface area contributed by atoms with Crippen molar-refractivity contribution in [1.29, 1.82) is 0 Å². The molecule has 1 aliphatic carbocycles. The van der Waals surface area contributed by atoms with Crippen molar-refractivity contribution >= 4 is 17.3 Å². The summed E-state index contributed by atoms with van der Waals surface area (Å²) in [4.78, 5) is 0. The van der Waals surface area contributed by atoms with Crippen molar-refractivity contribution in [2.45, 2.75) is 44.8 Å². The number of nitrogens with one attached hydrogen (secondary N) is 2. The molecule has 2 N–H and O–H groups in total. The molecule has 86 valence electrons. The van der Waals surface area contributed by atoms with Gasteiger partial charge in [0.2, 0.25) is 0 Å². The van der Waals surface area contributed by atoms with Gasteiger partial charge in [-0.05, 0) is 50.7 Å². The van der Waals surface area contributed by atoms with Gasteiger partial charge in [0.25, 0.3) is 0 Å². The highest BCUT2D eigenvalue weighted by atomic mass is 32.1. The maximum absolute atomic E-state index is 5.52. The molecule has 1 saturated heterocycles. The van der Waals surface area contributed by atoms with Gasteiger partial charge in [-0.1, -0.05) is 0 Å². The minimum Gasteiger partial charge on any atom is -0.376 e. The lowest BCUT2D eigenvalue weighted by atomic mass is 10.2. The fraction of sp³-hybridized carbons (Fsp3) is 0.909. The average molecular weight is 228 g/mol. The third-order valence-electron chi connectivity index (χ3n) is 3.20. The van der Waals surface area contributed by atoms with Crippen molar-refractivity contribution in [3.8, 4) is 0 Å². The first kappa shape index (κ1) is 11.1. The smallest absolute Gasteiger partial charge is 0.166 e. The molecule has 2 atom stereocenters. The van der Waals surface area contributed by atoms with E-state index >= 15 is 0 Å². The maximum Gasteiger partial charge on any atom is 0.166 e. The van der Waals surface area contributed by atoms with Gasteiger partial charge in [0.1, 0.15) is 0 Å². The summed E-state index contributed by atoms with van der Waals surface area (Å²) in [5, 5.41) is 7.35. The minimum absolute atomic E-state index is 0.362. The molecular formula is C11H20N2OS. The van der Waals surface area contributed by atoms with Crippen LogP contribution in [0.4, 0.5) is 0 Å². The van der Waals surface area contributed by atoms with Crippen LogP contribution in [0.25, 0.3) is 0 Å². The minimum atomic E-state index is 0.362. The predicted octanol–water partition coefficient (Wildman–Crippen LogP) is 1.43. The first-order valence-corrected chi connectivity index (χ1v) is 6.32. The number of hydrogen-bond acceptors (Lipinski definition) is 2. The standard InChI is InChI=1S/C11H20N2OS/c1-8(9-4-5-9)13-11(15)12-7-10-3-2-6-14-10/h8-10H,2-7H2,1H3,(H2,12,13,15). The zero-order valence-corrected chi connectivity index (χ0v) is 10.1. The molecule has 1 heterocycles. The lowest BCUT2D eigenvalue weighted by Gasteiger charge is -2.18. The maximum atomic E-state index is 5.52. The highest BCUT2D eigenvalue weighted by Crippen LogP contribution is 2.32. The Bertz CT molecular complexity index is 225. The van der Waals surface area contributed by atoms with Gasteiger partial charge in [-0.2, -0.15) is 0 Å². The van der Waals surface area contributed by atoms with Crippen molar-refractivity contribution in [3.63, 3.8) is 0 Å². The van der Waals surface area contributed by atoms with Gasteiger partial charge in [-0.25, -0.2) is 0 Å². The molecule has 2 fully saturated rings. The molecule has 15 heavy (non-hydrogen) atoms. The van der Waals surface area contributed by atoms with Crippen LogP contribution in [0.2, 0.25) is 0 Å².